The number of nitrogens with two attached hydrogens (primary N) is 1. The Labute approximate surface area is 135 Å². The molecule has 0 spiro atoms. The molecule has 3 nitrogen and oxygen atoms in total. The number of para-hydroxylation sites is 1. The average molecular weight is 310 g/mol. The first-order valence-electron chi connectivity index (χ1n) is 7.35. The fourth-order valence-electron chi connectivity index (χ4n) is 2.98. The Morgan fingerprint density at radius 3 is 2.59 bits per heavy atom. The van der Waals surface area contributed by atoms with Crippen LogP contribution in [0.3, 0.4) is 0 Å². The second-order valence-electron chi connectivity index (χ2n) is 5.70. The lowest BCUT2D eigenvalue weighted by Crippen LogP contribution is -2.35. The van der Waals surface area contributed by atoms with Crippen molar-refractivity contribution < 1.29 is 4.79 Å². The molecule has 3 rings (SSSR count). The van der Waals surface area contributed by atoms with E-state index in [1.165, 1.54) is 5.56 Å². The second kappa shape index (κ2) is 5.89. The van der Waals surface area contributed by atoms with Gasteiger partial charge in [-0.25, -0.2) is 0 Å². The minimum absolute atomic E-state index is 0.0410. The fraction of sp³-hybridized carbons (Fsp3) is 0.222. The van der Waals surface area contributed by atoms with Crippen LogP contribution in [0.1, 0.15) is 28.4 Å². The highest BCUT2D eigenvalue weighted by Gasteiger charge is 2.30. The molecule has 0 bridgehead atoms. The molecule has 112 valence electrons. The zero-order valence-electron chi connectivity index (χ0n) is 12.5. The van der Waals surface area contributed by atoms with Gasteiger partial charge < -0.3 is 10.6 Å². The SMILES string of the molecule is CC1Cc2ccccc2N1C(=O)c1ccc(CC(N)=S)cc1. The molecule has 4 heteroatoms. The highest BCUT2D eigenvalue weighted by Crippen LogP contribution is 2.33. The van der Waals surface area contributed by atoms with Gasteiger partial charge in [-0.05, 0) is 42.7 Å². The number of rotatable bonds is 3. The van der Waals surface area contributed by atoms with E-state index in [1.54, 1.807) is 0 Å². The third-order valence-corrected chi connectivity index (χ3v) is 4.15. The third kappa shape index (κ3) is 2.74. The maximum atomic E-state index is 12.8. The molecule has 0 aliphatic carbocycles. The van der Waals surface area contributed by atoms with Crippen LogP contribution in [-0.4, -0.2) is 16.9 Å². The Morgan fingerprint density at radius 2 is 1.91 bits per heavy atom. The minimum Gasteiger partial charge on any atom is -0.393 e. The molecular weight excluding hydrogens is 292 g/mol. The molecule has 0 fully saturated rings. The number of nitrogens with zero attached hydrogens (tertiary/aromatic N) is 1. The number of carbonyl (C=O) groups excluding carboxylic acids is 1. The highest BCUT2D eigenvalue weighted by molar-refractivity contribution is 7.80. The molecule has 1 heterocycles. The van der Waals surface area contributed by atoms with Crippen molar-refractivity contribution in [3.05, 3.63) is 65.2 Å². The fourth-order valence-corrected chi connectivity index (χ4v) is 3.15. The van der Waals surface area contributed by atoms with Crippen molar-refractivity contribution in [2.45, 2.75) is 25.8 Å². The summed E-state index contributed by atoms with van der Waals surface area (Å²) in [7, 11) is 0. The molecule has 2 aromatic carbocycles. The van der Waals surface area contributed by atoms with Crippen molar-refractivity contribution in [3.63, 3.8) is 0 Å². The molecule has 1 unspecified atom stereocenters. The topological polar surface area (TPSA) is 46.3 Å². The summed E-state index contributed by atoms with van der Waals surface area (Å²) in [5, 5.41) is 0. The summed E-state index contributed by atoms with van der Waals surface area (Å²) in [5.41, 5.74) is 9.52. The molecule has 0 radical (unpaired) electrons. The van der Waals surface area contributed by atoms with Crippen molar-refractivity contribution in [2.75, 3.05) is 4.90 Å². The van der Waals surface area contributed by atoms with Crippen LogP contribution in [0.15, 0.2) is 48.5 Å². The summed E-state index contributed by atoms with van der Waals surface area (Å²) in [6, 6.07) is 15.8. The van der Waals surface area contributed by atoms with Crippen LogP contribution in [-0.2, 0) is 12.8 Å². The molecule has 0 saturated carbocycles. The van der Waals surface area contributed by atoms with E-state index in [-0.39, 0.29) is 11.9 Å². The summed E-state index contributed by atoms with van der Waals surface area (Å²) < 4.78 is 0. The van der Waals surface area contributed by atoms with Gasteiger partial charge in [0.2, 0.25) is 0 Å². The summed E-state index contributed by atoms with van der Waals surface area (Å²) in [6.45, 7) is 2.08. The van der Waals surface area contributed by atoms with Crippen LogP contribution in [0.2, 0.25) is 0 Å². The van der Waals surface area contributed by atoms with Crippen LogP contribution in [0.4, 0.5) is 5.69 Å². The quantitative estimate of drug-likeness (QED) is 0.886. The zero-order chi connectivity index (χ0) is 15.7. The lowest BCUT2D eigenvalue weighted by molar-refractivity contribution is 0.0981. The molecule has 2 aromatic rings. The first-order valence-corrected chi connectivity index (χ1v) is 7.76. The Morgan fingerprint density at radius 1 is 1.23 bits per heavy atom. The van der Waals surface area contributed by atoms with E-state index in [2.05, 4.69) is 13.0 Å². The number of hydrogen-bond donors (Lipinski definition) is 1. The molecule has 1 aliphatic rings. The normalized spacial score (nSPS) is 16.4. The summed E-state index contributed by atoms with van der Waals surface area (Å²) >= 11 is 4.91. The third-order valence-electron chi connectivity index (χ3n) is 4.01. The van der Waals surface area contributed by atoms with E-state index in [9.17, 15) is 4.79 Å². The van der Waals surface area contributed by atoms with Crippen molar-refractivity contribution in [3.8, 4) is 0 Å². The highest BCUT2D eigenvalue weighted by atomic mass is 32.1. The Balaban J connectivity index is 1.86. The zero-order valence-corrected chi connectivity index (χ0v) is 13.3. The first kappa shape index (κ1) is 14.7. The lowest BCUT2D eigenvalue weighted by atomic mass is 10.1. The van der Waals surface area contributed by atoms with Gasteiger partial charge in [-0.2, -0.15) is 0 Å². The van der Waals surface area contributed by atoms with Crippen LogP contribution in [0.25, 0.3) is 0 Å². The smallest absolute Gasteiger partial charge is 0.258 e. The van der Waals surface area contributed by atoms with Gasteiger partial charge in [0, 0.05) is 23.7 Å². The van der Waals surface area contributed by atoms with Crippen molar-refractivity contribution in [1.29, 1.82) is 0 Å². The second-order valence-corrected chi connectivity index (χ2v) is 6.22. The number of hydrogen-bond acceptors (Lipinski definition) is 2. The number of benzene rings is 2. The summed E-state index contributed by atoms with van der Waals surface area (Å²) in [5.74, 6) is 0.0410. The predicted octanol–water partition coefficient (Wildman–Crippen LogP) is 3.11. The number of thiocarbonyl (C=S) groups is 1. The maximum absolute atomic E-state index is 12.8. The van der Waals surface area contributed by atoms with Crippen LogP contribution in [0.5, 0.6) is 0 Å². The minimum atomic E-state index is 0.0410. The van der Waals surface area contributed by atoms with Crippen LogP contribution < -0.4 is 10.6 Å². The van der Waals surface area contributed by atoms with E-state index < -0.39 is 0 Å². The van der Waals surface area contributed by atoms with Crippen molar-refractivity contribution in [2.24, 2.45) is 5.73 Å². The molecular formula is C18H18N2OS. The standard InChI is InChI=1S/C18H18N2OS/c1-12-10-15-4-2-3-5-16(15)20(12)18(21)14-8-6-13(7-9-14)11-17(19)22/h2-9,12H,10-11H2,1H3,(H2,19,22). The van der Waals surface area contributed by atoms with Gasteiger partial charge in [-0.15, -0.1) is 0 Å². The maximum Gasteiger partial charge on any atom is 0.258 e. The van der Waals surface area contributed by atoms with Gasteiger partial charge >= 0.3 is 0 Å². The van der Waals surface area contributed by atoms with Crippen molar-refractivity contribution in [1.82, 2.24) is 0 Å². The van der Waals surface area contributed by atoms with E-state index >= 15 is 0 Å². The molecule has 1 aliphatic heterocycles. The largest absolute Gasteiger partial charge is 0.393 e. The molecule has 1 atom stereocenters. The Bertz CT molecular complexity index is 724. The van der Waals surface area contributed by atoms with Crippen molar-refractivity contribution >= 4 is 28.8 Å². The lowest BCUT2D eigenvalue weighted by Gasteiger charge is -2.23. The van der Waals surface area contributed by atoms with Crippen LogP contribution in [0, 0.1) is 0 Å². The predicted molar refractivity (Wildman–Crippen MR) is 93.3 cm³/mol. The summed E-state index contributed by atoms with van der Waals surface area (Å²) in [4.78, 5) is 15.2. The van der Waals surface area contributed by atoms with E-state index in [4.69, 9.17) is 18.0 Å². The number of carbonyl (C=O) groups is 1. The monoisotopic (exact) mass is 310 g/mol. The molecule has 0 saturated heterocycles. The Kier molecular flexibility index (Phi) is 3.94. The molecule has 1 amide bonds. The van der Waals surface area contributed by atoms with Gasteiger partial charge in [0.25, 0.3) is 5.91 Å². The van der Waals surface area contributed by atoms with Gasteiger partial charge in [-0.1, -0.05) is 42.5 Å². The van der Waals surface area contributed by atoms with E-state index in [0.717, 1.165) is 17.7 Å². The van der Waals surface area contributed by atoms with Gasteiger partial charge in [0.1, 0.15) is 0 Å². The number of anilines is 1. The number of fused-ring (bicyclic) bond motifs is 1. The van der Waals surface area contributed by atoms with Gasteiger partial charge in [0.05, 0.1) is 4.99 Å². The van der Waals surface area contributed by atoms with Crippen LogP contribution >= 0.6 is 12.2 Å². The Hall–Kier alpha value is -2.20. The van der Waals surface area contributed by atoms with E-state index in [1.807, 2.05) is 47.4 Å². The number of amides is 1. The summed E-state index contributed by atoms with van der Waals surface area (Å²) in [6.07, 6.45) is 1.47. The van der Waals surface area contributed by atoms with Gasteiger partial charge in [0.15, 0.2) is 0 Å². The molecule has 22 heavy (non-hydrogen) atoms. The molecule has 0 aromatic heterocycles. The molecule has 2 N–H and O–H groups in total. The average Bonchev–Trinajstić information content (AvgIpc) is 2.82. The van der Waals surface area contributed by atoms with E-state index in [0.29, 0.717) is 17.0 Å². The van der Waals surface area contributed by atoms with Gasteiger partial charge in [-0.3, -0.25) is 4.79 Å². The first-order chi connectivity index (χ1) is 10.6.